The Balaban J connectivity index is 1.67. The van der Waals surface area contributed by atoms with Gasteiger partial charge >= 0.3 is 0 Å². The third-order valence-corrected chi connectivity index (χ3v) is 4.67. The van der Waals surface area contributed by atoms with Crippen molar-refractivity contribution in [2.75, 3.05) is 45.3 Å². The van der Waals surface area contributed by atoms with Crippen LogP contribution in [0.4, 0.5) is 5.69 Å². The maximum absolute atomic E-state index is 12.5. The number of likely N-dealkylation sites (tertiary alicyclic amines) is 1. The first kappa shape index (κ1) is 17.7. The average molecular weight is 346 g/mol. The van der Waals surface area contributed by atoms with E-state index in [0.29, 0.717) is 6.61 Å². The standard InChI is InChI=1S/C18H26N4O3/c1-20(8-10-24-2)16-11-18(23)22(19-12-16)15-5-3-7-21(13-15)14-17-6-4-9-25-17/h4,6,9,11-12,15H,3,5,7-8,10,13-14H2,1-2H3/t15-/m0/s1. The molecular weight excluding hydrogens is 320 g/mol. The highest BCUT2D eigenvalue weighted by molar-refractivity contribution is 5.41. The van der Waals surface area contributed by atoms with E-state index in [0.717, 1.165) is 50.5 Å². The van der Waals surface area contributed by atoms with Crippen LogP contribution in [-0.4, -0.2) is 55.1 Å². The summed E-state index contributed by atoms with van der Waals surface area (Å²) in [5.41, 5.74) is 0.771. The minimum absolute atomic E-state index is 0.0494. The fourth-order valence-corrected chi connectivity index (χ4v) is 3.25. The Morgan fingerprint density at radius 2 is 2.36 bits per heavy atom. The molecule has 0 bridgehead atoms. The van der Waals surface area contributed by atoms with Gasteiger partial charge in [-0.1, -0.05) is 0 Å². The van der Waals surface area contributed by atoms with Gasteiger partial charge in [0.25, 0.3) is 5.56 Å². The Morgan fingerprint density at radius 3 is 3.08 bits per heavy atom. The number of piperidine rings is 1. The van der Waals surface area contributed by atoms with Crippen LogP contribution < -0.4 is 10.5 Å². The predicted octanol–water partition coefficient (Wildman–Crippen LogP) is 1.76. The topological polar surface area (TPSA) is 63.7 Å². The van der Waals surface area contributed by atoms with Crippen molar-refractivity contribution in [3.05, 3.63) is 46.8 Å². The van der Waals surface area contributed by atoms with E-state index in [-0.39, 0.29) is 11.6 Å². The maximum atomic E-state index is 12.5. The summed E-state index contributed by atoms with van der Waals surface area (Å²) in [7, 11) is 3.60. The number of hydrogen-bond acceptors (Lipinski definition) is 6. The van der Waals surface area contributed by atoms with Gasteiger partial charge < -0.3 is 14.1 Å². The second-order valence-electron chi connectivity index (χ2n) is 6.52. The number of aromatic nitrogens is 2. The summed E-state index contributed by atoms with van der Waals surface area (Å²) < 4.78 is 12.1. The van der Waals surface area contributed by atoms with E-state index >= 15 is 0 Å². The first-order chi connectivity index (χ1) is 12.2. The Morgan fingerprint density at radius 1 is 1.48 bits per heavy atom. The number of hydrogen-bond donors (Lipinski definition) is 0. The minimum atomic E-state index is -0.0494. The highest BCUT2D eigenvalue weighted by Crippen LogP contribution is 2.21. The summed E-state index contributed by atoms with van der Waals surface area (Å²) in [4.78, 5) is 16.8. The number of rotatable bonds is 7. The lowest BCUT2D eigenvalue weighted by molar-refractivity contribution is 0.150. The summed E-state index contributed by atoms with van der Waals surface area (Å²) in [5.74, 6) is 0.955. The largest absolute Gasteiger partial charge is 0.468 e. The predicted molar refractivity (Wildman–Crippen MR) is 95.9 cm³/mol. The second-order valence-corrected chi connectivity index (χ2v) is 6.52. The first-order valence-electron chi connectivity index (χ1n) is 8.71. The van der Waals surface area contributed by atoms with Crippen molar-refractivity contribution in [3.63, 3.8) is 0 Å². The van der Waals surface area contributed by atoms with Gasteiger partial charge in [-0.2, -0.15) is 5.10 Å². The van der Waals surface area contributed by atoms with Crippen molar-refractivity contribution in [1.82, 2.24) is 14.7 Å². The van der Waals surface area contributed by atoms with Crippen LogP contribution in [-0.2, 0) is 11.3 Å². The molecule has 0 N–H and O–H groups in total. The molecule has 0 amide bonds. The van der Waals surface area contributed by atoms with Crippen molar-refractivity contribution < 1.29 is 9.15 Å². The molecule has 0 aromatic carbocycles. The molecule has 0 spiro atoms. The SMILES string of the molecule is COCCN(C)c1cnn([C@H]2CCCN(Cc3ccco3)C2)c(=O)c1. The van der Waals surface area contributed by atoms with Gasteiger partial charge in [-0.3, -0.25) is 9.69 Å². The van der Waals surface area contributed by atoms with E-state index in [4.69, 9.17) is 9.15 Å². The third-order valence-electron chi connectivity index (χ3n) is 4.67. The lowest BCUT2D eigenvalue weighted by Gasteiger charge is -2.32. The maximum Gasteiger partial charge on any atom is 0.269 e. The molecule has 0 aliphatic carbocycles. The molecule has 136 valence electrons. The van der Waals surface area contributed by atoms with Crippen LogP contribution >= 0.6 is 0 Å². The molecule has 0 saturated carbocycles. The molecule has 3 rings (SSSR count). The van der Waals surface area contributed by atoms with Crippen LogP contribution in [0.25, 0.3) is 0 Å². The van der Waals surface area contributed by atoms with Gasteiger partial charge in [0.15, 0.2) is 0 Å². The van der Waals surface area contributed by atoms with Crippen molar-refractivity contribution in [3.8, 4) is 0 Å². The van der Waals surface area contributed by atoms with E-state index in [2.05, 4.69) is 10.00 Å². The zero-order valence-corrected chi connectivity index (χ0v) is 14.9. The van der Waals surface area contributed by atoms with Crippen molar-refractivity contribution in [2.45, 2.75) is 25.4 Å². The van der Waals surface area contributed by atoms with E-state index in [1.165, 1.54) is 0 Å². The molecular formula is C18H26N4O3. The van der Waals surface area contributed by atoms with Crippen LogP contribution in [0.2, 0.25) is 0 Å². The van der Waals surface area contributed by atoms with Crippen LogP contribution in [0.5, 0.6) is 0 Å². The molecule has 0 unspecified atom stereocenters. The van der Waals surface area contributed by atoms with Crippen molar-refractivity contribution in [2.24, 2.45) is 0 Å². The molecule has 3 heterocycles. The summed E-state index contributed by atoms with van der Waals surface area (Å²) in [6.07, 6.45) is 5.49. The molecule has 2 aromatic heterocycles. The first-order valence-corrected chi connectivity index (χ1v) is 8.71. The van der Waals surface area contributed by atoms with Crippen LogP contribution in [0.1, 0.15) is 24.6 Å². The number of methoxy groups -OCH3 is 1. The number of anilines is 1. The summed E-state index contributed by atoms with van der Waals surface area (Å²) >= 11 is 0. The zero-order valence-electron chi connectivity index (χ0n) is 14.9. The molecule has 1 atom stereocenters. The summed E-state index contributed by atoms with van der Waals surface area (Å²) in [5, 5.41) is 4.43. The van der Waals surface area contributed by atoms with Crippen molar-refractivity contribution >= 4 is 5.69 Å². The third kappa shape index (κ3) is 4.49. The Hall–Kier alpha value is -2.12. The highest BCUT2D eigenvalue weighted by Gasteiger charge is 2.23. The lowest BCUT2D eigenvalue weighted by atomic mass is 10.1. The normalized spacial score (nSPS) is 18.4. The fraction of sp³-hybridized carbons (Fsp3) is 0.556. The fourth-order valence-electron chi connectivity index (χ4n) is 3.25. The molecule has 0 radical (unpaired) electrons. The summed E-state index contributed by atoms with van der Waals surface area (Å²) in [6, 6.07) is 5.66. The van der Waals surface area contributed by atoms with Gasteiger partial charge in [-0.05, 0) is 31.5 Å². The monoisotopic (exact) mass is 346 g/mol. The van der Waals surface area contributed by atoms with Crippen molar-refractivity contribution in [1.29, 1.82) is 0 Å². The Labute approximate surface area is 147 Å². The zero-order chi connectivity index (χ0) is 17.6. The van der Waals surface area contributed by atoms with Gasteiger partial charge in [0.2, 0.25) is 0 Å². The number of furan rings is 1. The minimum Gasteiger partial charge on any atom is -0.468 e. The van der Waals surface area contributed by atoms with Gasteiger partial charge in [-0.15, -0.1) is 0 Å². The van der Waals surface area contributed by atoms with Crippen LogP contribution in [0, 0.1) is 0 Å². The van der Waals surface area contributed by atoms with Gasteiger partial charge in [0.05, 0.1) is 37.3 Å². The van der Waals surface area contributed by atoms with Crippen LogP contribution in [0.15, 0.2) is 39.9 Å². The molecule has 1 saturated heterocycles. The van der Waals surface area contributed by atoms with E-state index in [1.807, 2.05) is 24.1 Å². The number of likely N-dealkylation sites (N-methyl/N-ethyl adjacent to an activating group) is 1. The number of ether oxygens (including phenoxy) is 1. The number of nitrogens with zero attached hydrogens (tertiary/aromatic N) is 4. The lowest BCUT2D eigenvalue weighted by Crippen LogP contribution is -2.40. The molecule has 1 aliphatic heterocycles. The molecule has 2 aromatic rings. The summed E-state index contributed by atoms with van der Waals surface area (Å²) in [6.45, 7) is 3.94. The Bertz CT molecular complexity index is 713. The quantitative estimate of drug-likeness (QED) is 0.761. The Kier molecular flexibility index (Phi) is 5.88. The van der Waals surface area contributed by atoms with Crippen LogP contribution in [0.3, 0.4) is 0 Å². The van der Waals surface area contributed by atoms with E-state index < -0.39 is 0 Å². The van der Waals surface area contributed by atoms with Gasteiger partial charge in [0.1, 0.15) is 5.76 Å². The molecule has 1 fully saturated rings. The van der Waals surface area contributed by atoms with E-state index in [9.17, 15) is 4.79 Å². The van der Waals surface area contributed by atoms with Gasteiger partial charge in [-0.25, -0.2) is 4.68 Å². The molecule has 1 aliphatic rings. The van der Waals surface area contributed by atoms with Gasteiger partial charge in [0, 0.05) is 33.3 Å². The molecule has 7 nitrogen and oxygen atoms in total. The highest BCUT2D eigenvalue weighted by atomic mass is 16.5. The molecule has 25 heavy (non-hydrogen) atoms. The average Bonchev–Trinajstić information content (AvgIpc) is 3.12. The smallest absolute Gasteiger partial charge is 0.269 e. The van der Waals surface area contributed by atoms with E-state index in [1.54, 1.807) is 30.3 Å². The second kappa shape index (κ2) is 8.31. The molecule has 7 heteroatoms.